The van der Waals surface area contributed by atoms with Crippen LogP contribution in [-0.4, -0.2) is 16.1 Å². The summed E-state index contributed by atoms with van der Waals surface area (Å²) in [6.07, 6.45) is 0.135. The molecule has 0 aliphatic heterocycles. The van der Waals surface area contributed by atoms with Crippen LogP contribution in [0.4, 0.5) is 0 Å². The molecule has 3 aromatic carbocycles. The van der Waals surface area contributed by atoms with E-state index in [1.165, 1.54) is 11.1 Å². The summed E-state index contributed by atoms with van der Waals surface area (Å²) >= 11 is 0. The van der Waals surface area contributed by atoms with Crippen molar-refractivity contribution in [3.63, 3.8) is 0 Å². The summed E-state index contributed by atoms with van der Waals surface area (Å²) in [5.74, 6) is 2.77. The van der Waals surface area contributed by atoms with Crippen molar-refractivity contribution in [2.24, 2.45) is 0 Å². The third-order valence-electron chi connectivity index (χ3n) is 4.75. The van der Waals surface area contributed by atoms with Crippen molar-refractivity contribution in [1.29, 1.82) is 0 Å². The van der Waals surface area contributed by atoms with Crippen LogP contribution in [0.3, 0.4) is 0 Å². The van der Waals surface area contributed by atoms with Crippen LogP contribution in [0, 0.1) is 13.8 Å². The summed E-state index contributed by atoms with van der Waals surface area (Å²) in [4.78, 5) is 9.47. The van der Waals surface area contributed by atoms with Gasteiger partial charge in [-0.05, 0) is 87.4 Å². The first kappa shape index (κ1) is 18.9. The van der Waals surface area contributed by atoms with Crippen molar-refractivity contribution in [3.8, 4) is 28.8 Å². The first-order valence-corrected chi connectivity index (χ1v) is 9.78. The van der Waals surface area contributed by atoms with Gasteiger partial charge in [0.15, 0.2) is 5.82 Å². The minimum Gasteiger partial charge on any atom is -0.491 e. The molecular formula is C25H24N2O2. The summed E-state index contributed by atoms with van der Waals surface area (Å²) in [5.41, 5.74) is 4.17. The SMILES string of the molecule is Cc1ccc(Oc2nc(-c3ccc(OC(C)C)cc3)nc3ccccc23)cc1C. The van der Waals surface area contributed by atoms with Crippen molar-refractivity contribution in [1.82, 2.24) is 9.97 Å². The van der Waals surface area contributed by atoms with Crippen LogP contribution < -0.4 is 9.47 Å². The molecule has 0 saturated heterocycles. The molecule has 0 unspecified atom stereocenters. The fraction of sp³-hybridized carbons (Fsp3) is 0.200. The monoisotopic (exact) mass is 384 g/mol. The molecule has 146 valence electrons. The number of aryl methyl sites for hydroxylation is 2. The Morgan fingerprint density at radius 1 is 0.759 bits per heavy atom. The predicted molar refractivity (Wildman–Crippen MR) is 117 cm³/mol. The Morgan fingerprint density at radius 3 is 2.21 bits per heavy atom. The van der Waals surface area contributed by atoms with Crippen molar-refractivity contribution in [3.05, 3.63) is 77.9 Å². The number of nitrogens with zero attached hydrogens (tertiary/aromatic N) is 2. The Balaban J connectivity index is 1.75. The van der Waals surface area contributed by atoms with E-state index >= 15 is 0 Å². The van der Waals surface area contributed by atoms with Gasteiger partial charge in [0.25, 0.3) is 0 Å². The van der Waals surface area contributed by atoms with Crippen molar-refractivity contribution < 1.29 is 9.47 Å². The maximum Gasteiger partial charge on any atom is 0.230 e. The molecule has 0 spiro atoms. The largest absolute Gasteiger partial charge is 0.491 e. The van der Waals surface area contributed by atoms with Gasteiger partial charge < -0.3 is 9.47 Å². The Kier molecular flexibility index (Phi) is 5.17. The maximum atomic E-state index is 6.19. The molecule has 0 amide bonds. The molecule has 29 heavy (non-hydrogen) atoms. The zero-order valence-electron chi connectivity index (χ0n) is 17.1. The van der Waals surface area contributed by atoms with Crippen LogP contribution in [0.15, 0.2) is 66.7 Å². The molecule has 0 bridgehead atoms. The molecular weight excluding hydrogens is 360 g/mol. The lowest BCUT2D eigenvalue weighted by Gasteiger charge is -2.12. The number of aromatic nitrogens is 2. The summed E-state index contributed by atoms with van der Waals surface area (Å²) in [6, 6.07) is 21.8. The molecule has 4 nitrogen and oxygen atoms in total. The zero-order valence-corrected chi connectivity index (χ0v) is 17.1. The third-order valence-corrected chi connectivity index (χ3v) is 4.75. The van der Waals surface area contributed by atoms with E-state index in [2.05, 4.69) is 19.9 Å². The van der Waals surface area contributed by atoms with Gasteiger partial charge in [-0.2, -0.15) is 4.98 Å². The number of rotatable bonds is 5. The minimum absolute atomic E-state index is 0.135. The fourth-order valence-electron chi connectivity index (χ4n) is 3.10. The van der Waals surface area contributed by atoms with Crippen LogP contribution in [0.2, 0.25) is 0 Å². The predicted octanol–water partition coefficient (Wildman–Crippen LogP) is 6.49. The minimum atomic E-state index is 0.135. The summed E-state index contributed by atoms with van der Waals surface area (Å²) in [5, 5.41) is 0.884. The van der Waals surface area contributed by atoms with Gasteiger partial charge in [0, 0.05) is 5.56 Å². The van der Waals surface area contributed by atoms with Crippen LogP contribution in [0.25, 0.3) is 22.3 Å². The van der Waals surface area contributed by atoms with Gasteiger partial charge >= 0.3 is 0 Å². The molecule has 1 aromatic heterocycles. The zero-order chi connectivity index (χ0) is 20.4. The number of hydrogen-bond donors (Lipinski definition) is 0. The van der Waals surface area contributed by atoms with Gasteiger partial charge in [0.2, 0.25) is 5.88 Å². The number of fused-ring (bicyclic) bond motifs is 1. The molecule has 4 aromatic rings. The second-order valence-corrected chi connectivity index (χ2v) is 7.41. The average molecular weight is 384 g/mol. The van der Waals surface area contributed by atoms with E-state index in [1.54, 1.807) is 0 Å². The number of hydrogen-bond acceptors (Lipinski definition) is 4. The summed E-state index contributed by atoms with van der Waals surface area (Å²) in [6.45, 7) is 8.18. The van der Waals surface area contributed by atoms with Crippen molar-refractivity contribution in [2.75, 3.05) is 0 Å². The van der Waals surface area contributed by atoms with Gasteiger partial charge in [-0.3, -0.25) is 0 Å². The van der Waals surface area contributed by atoms with E-state index in [0.29, 0.717) is 11.7 Å². The van der Waals surface area contributed by atoms with Crippen LogP contribution in [0.5, 0.6) is 17.4 Å². The van der Waals surface area contributed by atoms with E-state index in [0.717, 1.165) is 28.0 Å². The molecule has 1 heterocycles. The molecule has 0 N–H and O–H groups in total. The molecule has 0 fully saturated rings. The second kappa shape index (κ2) is 7.92. The maximum absolute atomic E-state index is 6.19. The highest BCUT2D eigenvalue weighted by Gasteiger charge is 2.12. The third kappa shape index (κ3) is 4.21. The van der Waals surface area contributed by atoms with Crippen LogP contribution >= 0.6 is 0 Å². The van der Waals surface area contributed by atoms with Gasteiger partial charge in [0.05, 0.1) is 17.0 Å². The fourth-order valence-corrected chi connectivity index (χ4v) is 3.10. The van der Waals surface area contributed by atoms with Crippen LogP contribution in [0.1, 0.15) is 25.0 Å². The highest BCUT2D eigenvalue weighted by molar-refractivity contribution is 5.85. The lowest BCUT2D eigenvalue weighted by Crippen LogP contribution is -2.05. The highest BCUT2D eigenvalue weighted by atomic mass is 16.5. The van der Waals surface area contributed by atoms with E-state index in [-0.39, 0.29) is 6.10 Å². The Bertz CT molecular complexity index is 1150. The second-order valence-electron chi connectivity index (χ2n) is 7.41. The van der Waals surface area contributed by atoms with Gasteiger partial charge in [0.1, 0.15) is 11.5 Å². The van der Waals surface area contributed by atoms with E-state index in [1.807, 2.05) is 74.5 Å². The Labute approximate surface area is 171 Å². The lowest BCUT2D eigenvalue weighted by molar-refractivity contribution is 0.242. The molecule has 0 saturated carbocycles. The molecule has 0 aliphatic carbocycles. The number of ether oxygens (including phenoxy) is 2. The van der Waals surface area contributed by atoms with Gasteiger partial charge in [-0.1, -0.05) is 18.2 Å². The average Bonchev–Trinajstić information content (AvgIpc) is 2.71. The standard InChI is InChI=1S/C25H24N2O2/c1-16(2)28-20-13-10-19(11-14-20)24-26-23-8-6-5-7-22(23)25(27-24)29-21-12-9-17(3)18(4)15-21/h5-16H,1-4H3. The Morgan fingerprint density at radius 2 is 1.48 bits per heavy atom. The molecule has 4 heteroatoms. The van der Waals surface area contributed by atoms with Crippen LogP contribution in [-0.2, 0) is 0 Å². The van der Waals surface area contributed by atoms with Crippen molar-refractivity contribution >= 4 is 10.9 Å². The molecule has 4 rings (SSSR count). The first-order chi connectivity index (χ1) is 14.0. The summed E-state index contributed by atoms with van der Waals surface area (Å²) in [7, 11) is 0. The topological polar surface area (TPSA) is 44.2 Å². The smallest absolute Gasteiger partial charge is 0.230 e. The van der Waals surface area contributed by atoms with Gasteiger partial charge in [-0.25, -0.2) is 4.98 Å². The number of para-hydroxylation sites is 1. The van der Waals surface area contributed by atoms with E-state index in [4.69, 9.17) is 19.4 Å². The van der Waals surface area contributed by atoms with Crippen molar-refractivity contribution in [2.45, 2.75) is 33.8 Å². The highest BCUT2D eigenvalue weighted by Crippen LogP contribution is 2.31. The van der Waals surface area contributed by atoms with E-state index < -0.39 is 0 Å². The molecule has 0 radical (unpaired) electrons. The Hall–Kier alpha value is -3.40. The summed E-state index contributed by atoms with van der Waals surface area (Å²) < 4.78 is 11.9. The lowest BCUT2D eigenvalue weighted by atomic mass is 10.1. The quantitative estimate of drug-likeness (QED) is 0.394. The van der Waals surface area contributed by atoms with E-state index in [9.17, 15) is 0 Å². The number of benzene rings is 3. The normalized spacial score (nSPS) is 11.1. The first-order valence-electron chi connectivity index (χ1n) is 9.78. The molecule has 0 aliphatic rings. The van der Waals surface area contributed by atoms with Gasteiger partial charge in [-0.15, -0.1) is 0 Å². The molecule has 0 atom stereocenters.